The van der Waals surface area contributed by atoms with Crippen LogP contribution >= 0.6 is 11.8 Å². The molecule has 2 rings (SSSR count). The number of carbonyl (C=O) groups is 3. The number of hydrogen-bond acceptors (Lipinski definition) is 6. The molecular weight excluding hydrogens is 370 g/mol. The highest BCUT2D eigenvalue weighted by molar-refractivity contribution is 7.99. The summed E-state index contributed by atoms with van der Waals surface area (Å²) in [6.45, 7) is 3.09. The number of benzene rings is 1. The number of carboxylic acids is 1. The molecule has 0 aliphatic carbocycles. The van der Waals surface area contributed by atoms with Crippen molar-refractivity contribution in [2.75, 3.05) is 16.4 Å². The maximum atomic E-state index is 11.8. The molecule has 1 aromatic carbocycles. The highest BCUT2D eigenvalue weighted by Gasteiger charge is 2.07. The van der Waals surface area contributed by atoms with Crippen molar-refractivity contribution in [3.8, 4) is 0 Å². The van der Waals surface area contributed by atoms with Crippen molar-refractivity contribution in [1.29, 1.82) is 0 Å². The fourth-order valence-corrected chi connectivity index (χ4v) is 2.82. The third-order valence-electron chi connectivity index (χ3n) is 3.30. The predicted octanol–water partition coefficient (Wildman–Crippen LogP) is 3.07. The van der Waals surface area contributed by atoms with Crippen LogP contribution in [0.2, 0.25) is 0 Å². The summed E-state index contributed by atoms with van der Waals surface area (Å²) in [5.41, 5.74) is 0.511. The molecule has 9 heteroatoms. The Balaban J connectivity index is 1.76. The van der Waals surface area contributed by atoms with Gasteiger partial charge in [-0.25, -0.2) is 4.79 Å². The summed E-state index contributed by atoms with van der Waals surface area (Å²) in [6.07, 6.45) is 1.34. The van der Waals surface area contributed by atoms with Gasteiger partial charge >= 0.3 is 5.97 Å². The van der Waals surface area contributed by atoms with Gasteiger partial charge in [0.15, 0.2) is 5.82 Å². The molecule has 0 radical (unpaired) electrons. The number of thioether (sulfide) groups is 1. The van der Waals surface area contributed by atoms with E-state index in [1.54, 1.807) is 25.1 Å². The molecule has 1 heterocycles. The Morgan fingerprint density at radius 1 is 1.22 bits per heavy atom. The number of aromatic nitrogens is 1. The maximum absolute atomic E-state index is 11.8. The second kappa shape index (κ2) is 9.58. The lowest BCUT2D eigenvalue weighted by molar-refractivity contribution is -0.132. The number of carbonyl (C=O) groups excluding carboxylic acids is 2. The standard InChI is InChI=1S/C18H19N3O5S/c1-11(18(24)25)9-17(23)19-13-3-5-14(6-4-13)27-8-7-16(22)20-15-10-12(2)26-21-15/h3-6,9-10H,7-8H2,1-2H3,(H,19,23)(H,24,25)(H,20,21,22)/b11-9+. The number of aliphatic carboxylic acids is 1. The number of nitrogens with zero attached hydrogens (tertiary/aromatic N) is 1. The molecule has 0 atom stereocenters. The number of carboxylic acid groups (broad SMARTS) is 1. The number of rotatable bonds is 8. The van der Waals surface area contributed by atoms with E-state index in [0.717, 1.165) is 11.0 Å². The molecule has 0 bridgehead atoms. The van der Waals surface area contributed by atoms with Crippen LogP contribution in [-0.2, 0) is 14.4 Å². The minimum atomic E-state index is -1.14. The van der Waals surface area contributed by atoms with Gasteiger partial charge in [-0.05, 0) is 38.1 Å². The lowest BCUT2D eigenvalue weighted by Crippen LogP contribution is -2.12. The van der Waals surface area contributed by atoms with Gasteiger partial charge in [-0.1, -0.05) is 5.16 Å². The summed E-state index contributed by atoms with van der Waals surface area (Å²) in [5, 5.41) is 17.7. The second-order valence-corrected chi connectivity index (χ2v) is 6.78. The summed E-state index contributed by atoms with van der Waals surface area (Å²) in [6, 6.07) is 8.69. The molecule has 0 saturated carbocycles. The number of nitrogens with one attached hydrogen (secondary N) is 2. The molecule has 0 aliphatic rings. The van der Waals surface area contributed by atoms with Crippen LogP contribution in [0.1, 0.15) is 19.1 Å². The van der Waals surface area contributed by atoms with Crippen LogP contribution < -0.4 is 10.6 Å². The highest BCUT2D eigenvalue weighted by atomic mass is 32.2. The largest absolute Gasteiger partial charge is 0.478 e. The van der Waals surface area contributed by atoms with E-state index in [1.165, 1.54) is 18.7 Å². The van der Waals surface area contributed by atoms with Crippen molar-refractivity contribution >= 4 is 41.1 Å². The average molecular weight is 389 g/mol. The van der Waals surface area contributed by atoms with E-state index in [0.29, 0.717) is 29.4 Å². The zero-order chi connectivity index (χ0) is 19.8. The Labute approximate surface area is 160 Å². The number of aryl methyl sites for hydroxylation is 1. The molecule has 0 saturated heterocycles. The van der Waals surface area contributed by atoms with Crippen molar-refractivity contribution in [2.45, 2.75) is 25.2 Å². The lowest BCUT2D eigenvalue weighted by atomic mass is 10.2. The molecule has 0 spiro atoms. The van der Waals surface area contributed by atoms with Crippen molar-refractivity contribution in [2.24, 2.45) is 0 Å². The normalized spacial score (nSPS) is 11.1. The van der Waals surface area contributed by atoms with E-state index in [1.807, 2.05) is 12.1 Å². The Hall–Kier alpha value is -3.07. The molecule has 3 N–H and O–H groups in total. The van der Waals surface area contributed by atoms with Crippen LogP contribution in [0.5, 0.6) is 0 Å². The predicted molar refractivity (Wildman–Crippen MR) is 102 cm³/mol. The van der Waals surface area contributed by atoms with Crippen molar-refractivity contribution < 1.29 is 24.0 Å². The molecule has 142 valence electrons. The van der Waals surface area contributed by atoms with Gasteiger partial charge in [-0.3, -0.25) is 9.59 Å². The summed E-state index contributed by atoms with van der Waals surface area (Å²) in [7, 11) is 0. The summed E-state index contributed by atoms with van der Waals surface area (Å²) < 4.78 is 4.88. The average Bonchev–Trinajstić information content (AvgIpc) is 3.01. The smallest absolute Gasteiger partial charge is 0.331 e. The van der Waals surface area contributed by atoms with E-state index >= 15 is 0 Å². The first-order chi connectivity index (χ1) is 12.8. The van der Waals surface area contributed by atoms with E-state index in [2.05, 4.69) is 15.8 Å². The molecule has 1 aromatic heterocycles. The first-order valence-electron chi connectivity index (χ1n) is 8.02. The monoisotopic (exact) mass is 389 g/mol. The van der Waals surface area contributed by atoms with E-state index in [9.17, 15) is 14.4 Å². The SMILES string of the molecule is C/C(=C\C(=O)Nc1ccc(SCCC(=O)Nc2cc(C)on2)cc1)C(=O)O. The van der Waals surface area contributed by atoms with E-state index in [-0.39, 0.29) is 11.5 Å². The Kier molecular flexibility index (Phi) is 7.18. The van der Waals surface area contributed by atoms with Crippen molar-refractivity contribution in [1.82, 2.24) is 5.16 Å². The van der Waals surface area contributed by atoms with Gasteiger partial charge in [0.25, 0.3) is 0 Å². The first-order valence-corrected chi connectivity index (χ1v) is 9.00. The molecular formula is C18H19N3O5S. The molecule has 8 nitrogen and oxygen atoms in total. The highest BCUT2D eigenvalue weighted by Crippen LogP contribution is 2.21. The molecule has 0 unspecified atom stereocenters. The molecule has 0 fully saturated rings. The lowest BCUT2D eigenvalue weighted by Gasteiger charge is -2.05. The summed E-state index contributed by atoms with van der Waals surface area (Å²) in [5.74, 6) is -0.195. The van der Waals surface area contributed by atoms with E-state index < -0.39 is 11.9 Å². The first kappa shape index (κ1) is 20.2. The fourth-order valence-electron chi connectivity index (χ4n) is 1.96. The van der Waals surface area contributed by atoms with Gasteiger partial charge in [-0.2, -0.15) is 0 Å². The number of anilines is 2. The molecule has 27 heavy (non-hydrogen) atoms. The summed E-state index contributed by atoms with van der Waals surface area (Å²) >= 11 is 1.50. The zero-order valence-corrected chi connectivity index (χ0v) is 15.6. The second-order valence-electron chi connectivity index (χ2n) is 5.62. The number of amides is 2. The van der Waals surface area contributed by atoms with Crippen LogP contribution in [0.3, 0.4) is 0 Å². The fraction of sp³-hybridized carbons (Fsp3) is 0.222. The topological polar surface area (TPSA) is 122 Å². The van der Waals surface area contributed by atoms with Crippen molar-refractivity contribution in [3.05, 3.63) is 47.7 Å². The van der Waals surface area contributed by atoms with Gasteiger partial charge in [0.2, 0.25) is 11.8 Å². The Morgan fingerprint density at radius 2 is 1.93 bits per heavy atom. The Morgan fingerprint density at radius 3 is 2.52 bits per heavy atom. The van der Waals surface area contributed by atoms with Gasteiger partial charge < -0.3 is 20.3 Å². The quantitative estimate of drug-likeness (QED) is 0.468. The third-order valence-corrected chi connectivity index (χ3v) is 4.31. The van der Waals surface area contributed by atoms with Crippen LogP contribution in [-0.4, -0.2) is 33.8 Å². The van der Waals surface area contributed by atoms with Crippen LogP contribution in [0.4, 0.5) is 11.5 Å². The minimum Gasteiger partial charge on any atom is -0.478 e. The van der Waals surface area contributed by atoms with Gasteiger partial charge in [-0.15, -0.1) is 11.8 Å². The molecule has 2 aromatic rings. The summed E-state index contributed by atoms with van der Waals surface area (Å²) in [4.78, 5) is 35.2. The van der Waals surface area contributed by atoms with Crippen LogP contribution in [0.25, 0.3) is 0 Å². The third kappa shape index (κ3) is 6.98. The van der Waals surface area contributed by atoms with Crippen molar-refractivity contribution in [3.63, 3.8) is 0 Å². The zero-order valence-electron chi connectivity index (χ0n) is 14.8. The van der Waals surface area contributed by atoms with Crippen LogP contribution in [0, 0.1) is 6.92 Å². The number of hydrogen-bond donors (Lipinski definition) is 3. The molecule has 2 amide bonds. The van der Waals surface area contributed by atoms with Gasteiger partial charge in [0, 0.05) is 40.5 Å². The van der Waals surface area contributed by atoms with E-state index in [4.69, 9.17) is 9.63 Å². The van der Waals surface area contributed by atoms with Gasteiger partial charge in [0.05, 0.1) is 0 Å². The Bertz CT molecular complexity index is 858. The maximum Gasteiger partial charge on any atom is 0.331 e. The van der Waals surface area contributed by atoms with Crippen LogP contribution in [0.15, 0.2) is 51.4 Å². The van der Waals surface area contributed by atoms with Gasteiger partial charge in [0.1, 0.15) is 5.76 Å². The minimum absolute atomic E-state index is 0.0428. The molecule has 0 aliphatic heterocycles.